The lowest BCUT2D eigenvalue weighted by molar-refractivity contribution is 0.0740. The van der Waals surface area contributed by atoms with Gasteiger partial charge in [-0.2, -0.15) is 5.10 Å². The minimum absolute atomic E-state index is 0.0420. The summed E-state index contributed by atoms with van der Waals surface area (Å²) in [5.41, 5.74) is 1.05. The number of benzene rings is 2. The van der Waals surface area contributed by atoms with Crippen LogP contribution in [0.25, 0.3) is 21.9 Å². The fraction of sp³-hybridized carbons (Fsp3) is 0.158. The minimum atomic E-state index is -1.13. The van der Waals surface area contributed by atoms with Gasteiger partial charge < -0.3 is 9.32 Å². The van der Waals surface area contributed by atoms with Crippen molar-refractivity contribution in [1.82, 2.24) is 20.1 Å². The number of rotatable bonds is 3. The zero-order chi connectivity index (χ0) is 20.0. The van der Waals surface area contributed by atoms with Gasteiger partial charge in [0.2, 0.25) is 0 Å². The Labute approximate surface area is 156 Å². The maximum atomic E-state index is 13.8. The van der Waals surface area contributed by atoms with Gasteiger partial charge in [-0.3, -0.25) is 9.59 Å². The molecule has 1 N–H and O–H groups in total. The van der Waals surface area contributed by atoms with E-state index in [-0.39, 0.29) is 22.4 Å². The van der Waals surface area contributed by atoms with Crippen molar-refractivity contribution < 1.29 is 18.0 Å². The van der Waals surface area contributed by atoms with Crippen molar-refractivity contribution in [3.05, 3.63) is 70.0 Å². The summed E-state index contributed by atoms with van der Waals surface area (Å²) < 4.78 is 32.5. The lowest BCUT2D eigenvalue weighted by Crippen LogP contribution is -2.31. The third-order valence-electron chi connectivity index (χ3n) is 4.73. The molecule has 2 aromatic heterocycles. The molecule has 0 saturated carbocycles. The summed E-state index contributed by atoms with van der Waals surface area (Å²) in [7, 11) is 1.55. The van der Waals surface area contributed by atoms with E-state index in [2.05, 4.69) is 15.2 Å². The minimum Gasteiger partial charge on any atom is -0.443 e. The number of hydrogen-bond acceptors (Lipinski definition) is 5. The number of hydrogen-bond donors (Lipinski definition) is 1. The molecule has 1 amide bonds. The maximum Gasteiger partial charge on any atom is 0.272 e. The zero-order valence-electron chi connectivity index (χ0n) is 14.9. The number of aromatic amines is 1. The van der Waals surface area contributed by atoms with E-state index < -0.39 is 23.2 Å². The van der Waals surface area contributed by atoms with Crippen LogP contribution in [-0.2, 0) is 0 Å². The van der Waals surface area contributed by atoms with Crippen LogP contribution in [-0.4, -0.2) is 33.0 Å². The molecule has 0 spiro atoms. The van der Waals surface area contributed by atoms with E-state index in [1.807, 2.05) is 0 Å². The van der Waals surface area contributed by atoms with Crippen molar-refractivity contribution in [2.75, 3.05) is 7.05 Å². The lowest BCUT2D eigenvalue weighted by atomic mass is 10.0. The first-order valence-electron chi connectivity index (χ1n) is 8.34. The Morgan fingerprint density at radius 1 is 1.18 bits per heavy atom. The molecule has 4 aromatic rings. The zero-order valence-corrected chi connectivity index (χ0v) is 14.9. The molecule has 0 radical (unpaired) electrons. The summed E-state index contributed by atoms with van der Waals surface area (Å²) in [6, 6.07) is 5.95. The third-order valence-corrected chi connectivity index (χ3v) is 4.73. The number of nitrogens with zero attached hydrogens (tertiary/aromatic N) is 3. The van der Waals surface area contributed by atoms with Gasteiger partial charge in [0, 0.05) is 18.0 Å². The first-order chi connectivity index (χ1) is 13.4. The summed E-state index contributed by atoms with van der Waals surface area (Å²) >= 11 is 0. The Morgan fingerprint density at radius 2 is 1.89 bits per heavy atom. The second-order valence-electron chi connectivity index (χ2n) is 6.38. The van der Waals surface area contributed by atoms with Gasteiger partial charge in [-0.1, -0.05) is 0 Å². The van der Waals surface area contributed by atoms with E-state index in [4.69, 9.17) is 4.42 Å². The molecule has 0 fully saturated rings. The average molecular weight is 384 g/mol. The van der Waals surface area contributed by atoms with Gasteiger partial charge in [0.1, 0.15) is 5.52 Å². The van der Waals surface area contributed by atoms with Crippen molar-refractivity contribution >= 4 is 27.8 Å². The highest BCUT2D eigenvalue weighted by Crippen LogP contribution is 2.26. The number of carbonyl (C=O) groups excluding carboxylic acids is 1. The number of aromatic nitrogens is 3. The van der Waals surface area contributed by atoms with Crippen molar-refractivity contribution in [3.8, 4) is 0 Å². The number of nitrogens with one attached hydrogen (secondary N) is 1. The second kappa shape index (κ2) is 6.52. The quantitative estimate of drug-likeness (QED) is 0.586. The van der Waals surface area contributed by atoms with Gasteiger partial charge >= 0.3 is 0 Å². The molecule has 2 heterocycles. The normalized spacial score (nSPS) is 12.4. The number of amides is 1. The molecule has 0 bridgehead atoms. The molecule has 0 saturated heterocycles. The molecule has 0 aliphatic carbocycles. The van der Waals surface area contributed by atoms with Gasteiger partial charge in [0.15, 0.2) is 23.6 Å². The van der Waals surface area contributed by atoms with E-state index in [0.717, 1.165) is 12.1 Å². The second-order valence-corrected chi connectivity index (χ2v) is 6.38. The number of oxazole rings is 1. The maximum absolute atomic E-state index is 13.8. The van der Waals surface area contributed by atoms with Gasteiger partial charge in [-0.15, -0.1) is 0 Å². The first-order valence-corrected chi connectivity index (χ1v) is 8.34. The van der Waals surface area contributed by atoms with E-state index in [1.165, 1.54) is 11.3 Å². The van der Waals surface area contributed by atoms with Gasteiger partial charge in [0.05, 0.1) is 17.1 Å². The first kappa shape index (κ1) is 17.8. The summed E-state index contributed by atoms with van der Waals surface area (Å²) in [6.07, 6.45) is 1.29. The van der Waals surface area contributed by atoms with E-state index >= 15 is 0 Å². The predicted octanol–water partition coefficient (Wildman–Crippen LogP) is 3.18. The Morgan fingerprint density at radius 3 is 2.64 bits per heavy atom. The molecule has 0 aliphatic heterocycles. The van der Waals surface area contributed by atoms with Crippen molar-refractivity contribution in [3.63, 3.8) is 0 Å². The standard InChI is InChI=1S/C19H14F2N4O3/c1-9(17-11-6-13(20)14(21)7-12(11)18(26)24-23-17)25(2)19(27)10-3-4-15-16(5-10)28-8-22-15/h3-9H,1-2H3,(H,24,26)/t9-/m1/s1. The molecule has 142 valence electrons. The topological polar surface area (TPSA) is 92.1 Å². The summed E-state index contributed by atoms with van der Waals surface area (Å²) in [6.45, 7) is 1.67. The van der Waals surface area contributed by atoms with Gasteiger partial charge in [0.25, 0.3) is 11.5 Å². The monoisotopic (exact) mass is 384 g/mol. The molecule has 0 unspecified atom stereocenters. The molecular formula is C19H14F2N4O3. The van der Waals surface area contributed by atoms with Crippen LogP contribution in [0.5, 0.6) is 0 Å². The SMILES string of the molecule is C[C@H](c1n[nH]c(=O)c2cc(F)c(F)cc12)N(C)C(=O)c1ccc2ncoc2c1. The third kappa shape index (κ3) is 2.81. The lowest BCUT2D eigenvalue weighted by Gasteiger charge is -2.25. The predicted molar refractivity (Wildman–Crippen MR) is 96.8 cm³/mol. The Balaban J connectivity index is 1.75. The van der Waals surface area contributed by atoms with Gasteiger partial charge in [-0.05, 0) is 37.3 Å². The van der Waals surface area contributed by atoms with Crippen molar-refractivity contribution in [1.29, 1.82) is 0 Å². The van der Waals surface area contributed by atoms with E-state index in [9.17, 15) is 18.4 Å². The molecule has 4 rings (SSSR count). The fourth-order valence-electron chi connectivity index (χ4n) is 3.05. The average Bonchev–Trinajstić information content (AvgIpc) is 3.16. The Kier molecular flexibility index (Phi) is 4.14. The van der Waals surface area contributed by atoms with Crippen LogP contribution in [0, 0.1) is 11.6 Å². The number of H-pyrrole nitrogens is 1. The van der Waals surface area contributed by atoms with Crippen LogP contribution in [0.1, 0.15) is 29.0 Å². The molecular weight excluding hydrogens is 370 g/mol. The van der Waals surface area contributed by atoms with Crippen LogP contribution < -0.4 is 5.56 Å². The van der Waals surface area contributed by atoms with E-state index in [0.29, 0.717) is 16.7 Å². The fourth-order valence-corrected chi connectivity index (χ4v) is 3.05. The largest absolute Gasteiger partial charge is 0.443 e. The number of fused-ring (bicyclic) bond motifs is 2. The highest BCUT2D eigenvalue weighted by Gasteiger charge is 2.24. The summed E-state index contributed by atoms with van der Waals surface area (Å²) in [5, 5.41) is 6.33. The van der Waals surface area contributed by atoms with Crippen LogP contribution in [0.15, 0.2) is 45.9 Å². The van der Waals surface area contributed by atoms with Crippen molar-refractivity contribution in [2.24, 2.45) is 0 Å². The van der Waals surface area contributed by atoms with Crippen LogP contribution in [0.3, 0.4) is 0 Å². The molecule has 7 nitrogen and oxygen atoms in total. The van der Waals surface area contributed by atoms with Crippen LogP contribution in [0.2, 0.25) is 0 Å². The Bertz CT molecular complexity index is 1280. The number of carbonyl (C=O) groups is 1. The highest BCUT2D eigenvalue weighted by atomic mass is 19.2. The van der Waals surface area contributed by atoms with Crippen LogP contribution in [0.4, 0.5) is 8.78 Å². The highest BCUT2D eigenvalue weighted by molar-refractivity contribution is 5.97. The smallest absolute Gasteiger partial charge is 0.272 e. The molecule has 9 heteroatoms. The molecule has 28 heavy (non-hydrogen) atoms. The summed E-state index contributed by atoms with van der Waals surface area (Å²) in [4.78, 5) is 30.2. The number of halogens is 2. The van der Waals surface area contributed by atoms with Crippen molar-refractivity contribution in [2.45, 2.75) is 13.0 Å². The van der Waals surface area contributed by atoms with Gasteiger partial charge in [-0.25, -0.2) is 18.9 Å². The summed E-state index contributed by atoms with van der Waals surface area (Å²) in [5.74, 6) is -2.57. The van der Waals surface area contributed by atoms with E-state index in [1.54, 1.807) is 32.2 Å². The molecule has 2 aromatic carbocycles. The molecule has 1 atom stereocenters. The Hall–Kier alpha value is -3.62. The van der Waals surface area contributed by atoms with Crippen LogP contribution >= 0.6 is 0 Å². The molecule has 0 aliphatic rings.